The number of rotatable bonds is 5. The predicted molar refractivity (Wildman–Crippen MR) is 96.3 cm³/mol. The average Bonchev–Trinajstić information content (AvgIpc) is 2.63. The molecule has 0 amide bonds. The molecule has 0 bridgehead atoms. The Balaban J connectivity index is 1.86. The minimum Gasteiger partial charge on any atom is -0.280 e. The molecule has 0 saturated carbocycles. The van der Waals surface area contributed by atoms with Crippen LogP contribution in [0.5, 0.6) is 0 Å². The summed E-state index contributed by atoms with van der Waals surface area (Å²) in [5, 5.41) is 0. The maximum absolute atomic E-state index is 13.0. The van der Waals surface area contributed by atoms with Crippen molar-refractivity contribution in [3.8, 4) is 0 Å². The summed E-state index contributed by atoms with van der Waals surface area (Å²) in [4.78, 5) is -0.0677. The lowest BCUT2D eigenvalue weighted by atomic mass is 10.2. The van der Waals surface area contributed by atoms with Crippen LogP contribution in [-0.4, -0.2) is 34.2 Å². The number of hydrogen-bond acceptors (Lipinski definition) is 4. The first kappa shape index (κ1) is 18.8. The molecule has 1 saturated heterocycles. The molecule has 9 heteroatoms. The van der Waals surface area contributed by atoms with Crippen LogP contribution in [0.3, 0.4) is 0 Å². The summed E-state index contributed by atoms with van der Waals surface area (Å²) in [5.74, 6) is -0.543. The fraction of sp³-hybridized carbons (Fsp3) is 0.294. The topological polar surface area (TPSA) is 83.5 Å². The van der Waals surface area contributed by atoms with Gasteiger partial charge in [-0.05, 0) is 55.3 Å². The summed E-state index contributed by atoms with van der Waals surface area (Å²) in [6, 6.07) is 10.1. The van der Waals surface area contributed by atoms with Crippen molar-refractivity contribution in [1.29, 1.82) is 0 Å². The van der Waals surface area contributed by atoms with Gasteiger partial charge in [0.15, 0.2) is 0 Å². The van der Waals surface area contributed by atoms with Gasteiger partial charge in [0.05, 0.1) is 15.5 Å². The minimum atomic E-state index is -3.94. The van der Waals surface area contributed by atoms with Gasteiger partial charge in [0.25, 0.3) is 10.0 Å². The van der Waals surface area contributed by atoms with Crippen LogP contribution in [0.25, 0.3) is 0 Å². The van der Waals surface area contributed by atoms with Crippen LogP contribution in [0.4, 0.5) is 10.1 Å². The van der Waals surface area contributed by atoms with Crippen molar-refractivity contribution in [2.75, 3.05) is 17.8 Å². The highest BCUT2D eigenvalue weighted by molar-refractivity contribution is 7.92. The first-order chi connectivity index (χ1) is 12.3. The van der Waals surface area contributed by atoms with Crippen LogP contribution in [0.2, 0.25) is 0 Å². The molecule has 2 aromatic carbocycles. The van der Waals surface area contributed by atoms with E-state index in [-0.39, 0.29) is 15.5 Å². The molecule has 3 rings (SSSR count). The molecule has 0 spiro atoms. The smallest absolute Gasteiger partial charge is 0.261 e. The number of sulfonamides is 2. The van der Waals surface area contributed by atoms with Gasteiger partial charge in [0.1, 0.15) is 5.82 Å². The van der Waals surface area contributed by atoms with E-state index in [1.807, 2.05) is 0 Å². The molecule has 1 fully saturated rings. The van der Waals surface area contributed by atoms with Crippen molar-refractivity contribution in [2.24, 2.45) is 0 Å². The number of halogens is 1. The van der Waals surface area contributed by atoms with E-state index in [9.17, 15) is 21.2 Å². The summed E-state index contributed by atoms with van der Waals surface area (Å²) in [5.41, 5.74) is 0.132. The summed E-state index contributed by atoms with van der Waals surface area (Å²) < 4.78 is 66.9. The summed E-state index contributed by atoms with van der Waals surface area (Å²) >= 11 is 0. The zero-order chi connectivity index (χ0) is 18.8. The highest BCUT2D eigenvalue weighted by atomic mass is 32.2. The lowest BCUT2D eigenvalue weighted by Crippen LogP contribution is -2.35. The molecule has 0 atom stereocenters. The fourth-order valence-corrected chi connectivity index (χ4v) is 5.42. The highest BCUT2D eigenvalue weighted by Gasteiger charge is 2.26. The standard InChI is InChI=1S/C17H19FN2O4S2/c18-14-7-9-16(10-8-14)25(21,22)19-15-5-4-6-17(13-15)26(23,24)20-11-2-1-3-12-20/h4-10,13,19H,1-3,11-12H2. The monoisotopic (exact) mass is 398 g/mol. The number of nitrogens with zero attached hydrogens (tertiary/aromatic N) is 1. The maximum atomic E-state index is 13.0. The van der Waals surface area contributed by atoms with Crippen molar-refractivity contribution in [3.63, 3.8) is 0 Å². The molecule has 6 nitrogen and oxygen atoms in total. The molecule has 1 heterocycles. The van der Waals surface area contributed by atoms with Crippen molar-refractivity contribution in [1.82, 2.24) is 4.31 Å². The third kappa shape index (κ3) is 4.05. The Labute approximate surface area is 152 Å². The Morgan fingerprint density at radius 1 is 0.846 bits per heavy atom. The maximum Gasteiger partial charge on any atom is 0.261 e. The van der Waals surface area contributed by atoms with Gasteiger partial charge in [-0.2, -0.15) is 4.31 Å². The van der Waals surface area contributed by atoms with Crippen LogP contribution < -0.4 is 4.72 Å². The van der Waals surface area contributed by atoms with E-state index in [2.05, 4.69) is 4.72 Å². The summed E-state index contributed by atoms with van der Waals surface area (Å²) in [7, 11) is -7.60. The van der Waals surface area contributed by atoms with Gasteiger partial charge < -0.3 is 0 Å². The summed E-state index contributed by atoms with van der Waals surface area (Å²) in [6.07, 6.45) is 2.63. The van der Waals surface area contributed by atoms with Crippen LogP contribution in [-0.2, 0) is 20.0 Å². The van der Waals surface area contributed by atoms with E-state index in [1.54, 1.807) is 0 Å². The van der Waals surface area contributed by atoms with Crippen LogP contribution in [0.1, 0.15) is 19.3 Å². The van der Waals surface area contributed by atoms with E-state index in [4.69, 9.17) is 0 Å². The number of nitrogens with one attached hydrogen (secondary N) is 1. The molecule has 1 aliphatic heterocycles. The van der Waals surface area contributed by atoms with Gasteiger partial charge >= 0.3 is 0 Å². The number of piperidine rings is 1. The van der Waals surface area contributed by atoms with Crippen molar-refractivity contribution >= 4 is 25.7 Å². The lowest BCUT2D eigenvalue weighted by molar-refractivity contribution is 0.346. The van der Waals surface area contributed by atoms with E-state index in [1.165, 1.54) is 28.6 Å². The Kier molecular flexibility index (Phi) is 5.31. The van der Waals surface area contributed by atoms with Gasteiger partial charge in [0.2, 0.25) is 10.0 Å². The Bertz CT molecular complexity index is 984. The first-order valence-electron chi connectivity index (χ1n) is 8.18. The second kappa shape index (κ2) is 7.34. The Hall–Kier alpha value is -1.97. The van der Waals surface area contributed by atoms with Gasteiger partial charge in [-0.1, -0.05) is 12.5 Å². The molecule has 140 valence electrons. The van der Waals surface area contributed by atoms with Crippen molar-refractivity contribution in [3.05, 3.63) is 54.3 Å². The Morgan fingerprint density at radius 2 is 1.50 bits per heavy atom. The second-order valence-electron chi connectivity index (χ2n) is 6.05. The van der Waals surface area contributed by atoms with Crippen LogP contribution >= 0.6 is 0 Å². The number of anilines is 1. The van der Waals surface area contributed by atoms with Crippen molar-refractivity contribution < 1.29 is 21.2 Å². The van der Waals surface area contributed by atoms with Crippen LogP contribution in [0, 0.1) is 5.82 Å². The Morgan fingerprint density at radius 3 is 2.15 bits per heavy atom. The molecule has 1 N–H and O–H groups in total. The van der Waals surface area contributed by atoms with E-state index < -0.39 is 25.9 Å². The molecule has 0 aliphatic carbocycles. The fourth-order valence-electron chi connectivity index (χ4n) is 2.80. The average molecular weight is 398 g/mol. The highest BCUT2D eigenvalue weighted by Crippen LogP contribution is 2.24. The van der Waals surface area contributed by atoms with Gasteiger partial charge in [-0.15, -0.1) is 0 Å². The van der Waals surface area contributed by atoms with Gasteiger partial charge in [0, 0.05) is 13.1 Å². The predicted octanol–water partition coefficient (Wildman–Crippen LogP) is 2.80. The van der Waals surface area contributed by atoms with Gasteiger partial charge in [-0.3, -0.25) is 4.72 Å². The molecule has 0 unspecified atom stereocenters. The molecule has 26 heavy (non-hydrogen) atoms. The third-order valence-corrected chi connectivity index (χ3v) is 7.45. The number of benzene rings is 2. The molecule has 0 aromatic heterocycles. The normalized spacial score (nSPS) is 16.3. The molecular weight excluding hydrogens is 379 g/mol. The van der Waals surface area contributed by atoms with E-state index in [0.29, 0.717) is 13.1 Å². The summed E-state index contributed by atoms with van der Waals surface area (Å²) in [6.45, 7) is 0.932. The quantitative estimate of drug-likeness (QED) is 0.839. The van der Waals surface area contributed by atoms with Crippen LogP contribution in [0.15, 0.2) is 58.3 Å². The zero-order valence-electron chi connectivity index (χ0n) is 13.9. The minimum absolute atomic E-state index is 0.0405. The van der Waals surface area contributed by atoms with E-state index >= 15 is 0 Å². The first-order valence-corrected chi connectivity index (χ1v) is 11.1. The van der Waals surface area contributed by atoms with E-state index in [0.717, 1.165) is 43.5 Å². The third-order valence-electron chi connectivity index (χ3n) is 4.16. The largest absolute Gasteiger partial charge is 0.280 e. The lowest BCUT2D eigenvalue weighted by Gasteiger charge is -2.26. The molecule has 2 aromatic rings. The molecular formula is C17H19FN2O4S2. The SMILES string of the molecule is O=S(=O)(Nc1cccc(S(=O)(=O)N2CCCCC2)c1)c1ccc(F)cc1. The molecule has 1 aliphatic rings. The molecule has 0 radical (unpaired) electrons. The van der Waals surface area contributed by atoms with Gasteiger partial charge in [-0.25, -0.2) is 21.2 Å². The zero-order valence-corrected chi connectivity index (χ0v) is 15.6. The van der Waals surface area contributed by atoms with Crippen molar-refractivity contribution in [2.45, 2.75) is 29.1 Å². The number of hydrogen-bond donors (Lipinski definition) is 1. The second-order valence-corrected chi connectivity index (χ2v) is 9.67.